The Bertz CT molecular complexity index is 824. The van der Waals surface area contributed by atoms with E-state index in [4.69, 9.17) is 0 Å². The molecule has 7 nitrogen and oxygen atoms in total. The topological polar surface area (TPSA) is 79.3 Å². The SMILES string of the molecule is CC[C@H](C)NC(=O)N1CCC(n2nccc2NC(=O)c2ccccc2C)CC1. The summed E-state index contributed by atoms with van der Waals surface area (Å²) in [6.45, 7) is 7.35. The number of carbonyl (C=O) groups excluding carboxylic acids is 2. The van der Waals surface area contributed by atoms with Crippen molar-refractivity contribution in [2.75, 3.05) is 18.4 Å². The van der Waals surface area contributed by atoms with Crippen LogP contribution in [0.4, 0.5) is 10.6 Å². The lowest BCUT2D eigenvalue weighted by Crippen LogP contribution is -2.47. The van der Waals surface area contributed by atoms with Crippen LogP contribution in [-0.4, -0.2) is 45.8 Å². The first-order valence-corrected chi connectivity index (χ1v) is 9.95. The molecule has 1 fully saturated rings. The number of anilines is 1. The molecule has 7 heteroatoms. The standard InChI is InChI=1S/C21H29N5O2/c1-4-16(3)23-21(28)25-13-10-17(11-14-25)26-19(9-12-22-26)24-20(27)18-8-6-5-7-15(18)2/h5-9,12,16-17H,4,10-11,13-14H2,1-3H3,(H,23,28)(H,24,27)/t16-/m0/s1. The molecular weight excluding hydrogens is 354 g/mol. The number of nitrogens with zero attached hydrogens (tertiary/aromatic N) is 3. The molecule has 1 aromatic carbocycles. The Labute approximate surface area is 166 Å². The molecule has 3 amide bonds. The van der Waals surface area contributed by atoms with Crippen molar-refractivity contribution in [3.63, 3.8) is 0 Å². The summed E-state index contributed by atoms with van der Waals surface area (Å²) in [5.41, 5.74) is 1.60. The summed E-state index contributed by atoms with van der Waals surface area (Å²) in [5.74, 6) is 0.556. The van der Waals surface area contributed by atoms with Crippen LogP contribution in [0.25, 0.3) is 0 Å². The molecule has 2 heterocycles. The van der Waals surface area contributed by atoms with Gasteiger partial charge < -0.3 is 15.5 Å². The van der Waals surface area contributed by atoms with E-state index < -0.39 is 0 Å². The molecule has 0 radical (unpaired) electrons. The van der Waals surface area contributed by atoms with Crippen LogP contribution < -0.4 is 10.6 Å². The van der Waals surface area contributed by atoms with Crippen molar-refractivity contribution in [1.29, 1.82) is 0 Å². The highest BCUT2D eigenvalue weighted by Crippen LogP contribution is 2.26. The molecule has 1 aliphatic heterocycles. The zero-order valence-electron chi connectivity index (χ0n) is 16.8. The van der Waals surface area contributed by atoms with Gasteiger partial charge in [0, 0.05) is 30.8 Å². The van der Waals surface area contributed by atoms with E-state index in [9.17, 15) is 9.59 Å². The van der Waals surface area contributed by atoms with Crippen LogP contribution in [0.3, 0.4) is 0 Å². The Balaban J connectivity index is 1.61. The predicted molar refractivity (Wildman–Crippen MR) is 109 cm³/mol. The first-order valence-electron chi connectivity index (χ1n) is 9.95. The van der Waals surface area contributed by atoms with Gasteiger partial charge in [0.2, 0.25) is 0 Å². The number of nitrogens with one attached hydrogen (secondary N) is 2. The van der Waals surface area contributed by atoms with Gasteiger partial charge in [0.15, 0.2) is 0 Å². The second-order valence-electron chi connectivity index (χ2n) is 7.41. The minimum Gasteiger partial charge on any atom is -0.336 e. The van der Waals surface area contributed by atoms with Gasteiger partial charge in [-0.3, -0.25) is 4.79 Å². The highest BCUT2D eigenvalue weighted by atomic mass is 16.2. The molecule has 0 unspecified atom stereocenters. The number of aryl methyl sites for hydroxylation is 1. The van der Waals surface area contributed by atoms with Gasteiger partial charge >= 0.3 is 6.03 Å². The van der Waals surface area contributed by atoms with Crippen LogP contribution >= 0.6 is 0 Å². The fourth-order valence-corrected chi connectivity index (χ4v) is 3.43. The van der Waals surface area contributed by atoms with E-state index in [1.54, 1.807) is 6.20 Å². The number of aromatic nitrogens is 2. The average molecular weight is 383 g/mol. The molecule has 1 aromatic heterocycles. The summed E-state index contributed by atoms with van der Waals surface area (Å²) in [6, 6.07) is 9.68. The van der Waals surface area contributed by atoms with Crippen molar-refractivity contribution in [2.45, 2.75) is 52.1 Å². The summed E-state index contributed by atoms with van der Waals surface area (Å²) in [5, 5.41) is 10.4. The van der Waals surface area contributed by atoms with E-state index in [1.807, 2.05) is 53.8 Å². The van der Waals surface area contributed by atoms with Gasteiger partial charge in [0.05, 0.1) is 12.2 Å². The maximum absolute atomic E-state index is 12.6. The number of likely N-dealkylation sites (tertiary alicyclic amines) is 1. The van der Waals surface area contributed by atoms with Crippen LogP contribution in [0.2, 0.25) is 0 Å². The smallest absolute Gasteiger partial charge is 0.317 e. The number of rotatable bonds is 5. The molecule has 3 rings (SSSR count). The van der Waals surface area contributed by atoms with Gasteiger partial charge in [-0.1, -0.05) is 25.1 Å². The largest absolute Gasteiger partial charge is 0.336 e. The number of amides is 3. The molecule has 28 heavy (non-hydrogen) atoms. The monoisotopic (exact) mass is 383 g/mol. The van der Waals surface area contributed by atoms with Gasteiger partial charge in [0.1, 0.15) is 5.82 Å². The van der Waals surface area contributed by atoms with Crippen LogP contribution in [0, 0.1) is 6.92 Å². The van der Waals surface area contributed by atoms with E-state index in [1.165, 1.54) is 0 Å². The molecular formula is C21H29N5O2. The molecule has 0 bridgehead atoms. The molecule has 2 aromatic rings. The van der Waals surface area contributed by atoms with Gasteiger partial charge in [0.25, 0.3) is 5.91 Å². The predicted octanol–water partition coefficient (Wildman–Crippen LogP) is 3.59. The van der Waals surface area contributed by atoms with Crippen molar-refractivity contribution in [2.24, 2.45) is 0 Å². The van der Waals surface area contributed by atoms with E-state index in [0.717, 1.165) is 24.8 Å². The third kappa shape index (κ3) is 4.52. The molecule has 0 spiro atoms. The third-order valence-corrected chi connectivity index (χ3v) is 5.38. The maximum atomic E-state index is 12.6. The molecule has 1 saturated heterocycles. The second kappa shape index (κ2) is 8.91. The summed E-state index contributed by atoms with van der Waals surface area (Å²) >= 11 is 0. The third-order valence-electron chi connectivity index (χ3n) is 5.38. The highest BCUT2D eigenvalue weighted by molar-refractivity contribution is 6.04. The summed E-state index contributed by atoms with van der Waals surface area (Å²) < 4.78 is 1.88. The number of piperidine rings is 1. The highest BCUT2D eigenvalue weighted by Gasteiger charge is 2.26. The van der Waals surface area contributed by atoms with Gasteiger partial charge in [-0.2, -0.15) is 5.10 Å². The fourth-order valence-electron chi connectivity index (χ4n) is 3.43. The van der Waals surface area contributed by atoms with Crippen molar-refractivity contribution in [3.05, 3.63) is 47.7 Å². The maximum Gasteiger partial charge on any atom is 0.317 e. The quantitative estimate of drug-likeness (QED) is 0.828. The summed E-state index contributed by atoms with van der Waals surface area (Å²) in [7, 11) is 0. The zero-order chi connectivity index (χ0) is 20.1. The number of urea groups is 1. The number of hydrogen-bond donors (Lipinski definition) is 2. The fraction of sp³-hybridized carbons (Fsp3) is 0.476. The second-order valence-corrected chi connectivity index (χ2v) is 7.41. The number of hydrogen-bond acceptors (Lipinski definition) is 3. The van der Waals surface area contributed by atoms with Crippen LogP contribution in [0.1, 0.15) is 55.1 Å². The van der Waals surface area contributed by atoms with Crippen LogP contribution in [-0.2, 0) is 0 Å². The summed E-state index contributed by atoms with van der Waals surface area (Å²) in [4.78, 5) is 26.8. The van der Waals surface area contributed by atoms with E-state index >= 15 is 0 Å². The minimum absolute atomic E-state index is 0.00124. The van der Waals surface area contributed by atoms with E-state index in [-0.39, 0.29) is 24.0 Å². The number of benzene rings is 1. The van der Waals surface area contributed by atoms with Crippen molar-refractivity contribution in [1.82, 2.24) is 20.0 Å². The molecule has 0 saturated carbocycles. The van der Waals surface area contributed by atoms with Crippen molar-refractivity contribution in [3.8, 4) is 0 Å². The molecule has 2 N–H and O–H groups in total. The Hall–Kier alpha value is -2.83. The zero-order valence-corrected chi connectivity index (χ0v) is 16.8. The van der Waals surface area contributed by atoms with Gasteiger partial charge in [-0.25, -0.2) is 9.48 Å². The lowest BCUT2D eigenvalue weighted by atomic mass is 10.1. The molecule has 150 valence electrons. The Morgan fingerprint density at radius 2 is 1.93 bits per heavy atom. The van der Waals surface area contributed by atoms with Crippen molar-refractivity contribution < 1.29 is 9.59 Å². The minimum atomic E-state index is -0.134. The Kier molecular flexibility index (Phi) is 6.34. The first kappa shape index (κ1) is 19.9. The van der Waals surface area contributed by atoms with E-state index in [2.05, 4.69) is 22.7 Å². The van der Waals surface area contributed by atoms with Gasteiger partial charge in [-0.15, -0.1) is 0 Å². The Morgan fingerprint density at radius 1 is 1.21 bits per heavy atom. The number of carbonyl (C=O) groups is 2. The molecule has 0 aliphatic carbocycles. The average Bonchev–Trinajstić information content (AvgIpc) is 3.16. The van der Waals surface area contributed by atoms with Crippen molar-refractivity contribution >= 4 is 17.8 Å². The molecule has 1 atom stereocenters. The van der Waals surface area contributed by atoms with Gasteiger partial charge in [-0.05, 0) is 44.7 Å². The summed E-state index contributed by atoms with van der Waals surface area (Å²) in [6.07, 6.45) is 4.24. The van der Waals surface area contributed by atoms with E-state index in [0.29, 0.717) is 24.5 Å². The lowest BCUT2D eigenvalue weighted by molar-refractivity contribution is 0.102. The lowest BCUT2D eigenvalue weighted by Gasteiger charge is -2.33. The van der Waals surface area contributed by atoms with Crippen LogP contribution in [0.5, 0.6) is 0 Å². The van der Waals surface area contributed by atoms with Crippen LogP contribution in [0.15, 0.2) is 36.5 Å². The normalized spacial score (nSPS) is 15.9. The first-order chi connectivity index (χ1) is 13.5. The Morgan fingerprint density at radius 3 is 2.61 bits per heavy atom. The molecule has 1 aliphatic rings.